The summed E-state index contributed by atoms with van der Waals surface area (Å²) in [6.07, 6.45) is 0. The minimum Gasteiger partial charge on any atom is -0.320 e. The van der Waals surface area contributed by atoms with E-state index in [2.05, 4.69) is 4.72 Å². The second-order valence-corrected chi connectivity index (χ2v) is 3.67. The lowest BCUT2D eigenvalue weighted by Crippen LogP contribution is -2.10. The van der Waals surface area contributed by atoms with Crippen molar-refractivity contribution in [1.29, 1.82) is 0 Å². The Balaban J connectivity index is 2.50. The molecule has 1 aliphatic heterocycles. The van der Waals surface area contributed by atoms with E-state index in [4.69, 9.17) is 0 Å². The number of hydrogen-bond acceptors (Lipinski definition) is 4. The maximum Gasteiger partial charge on any atom is 0.177 e. The lowest BCUT2D eigenvalue weighted by Gasteiger charge is -2.09. The van der Waals surface area contributed by atoms with Gasteiger partial charge in [-0.1, -0.05) is 0 Å². The van der Waals surface area contributed by atoms with E-state index in [1.54, 1.807) is 11.3 Å². The van der Waals surface area contributed by atoms with Gasteiger partial charge < -0.3 is 4.72 Å². The Hall–Kier alpha value is -0.480. The predicted octanol–water partition coefficient (Wildman–Crippen LogP) is 2.00. The van der Waals surface area contributed by atoms with Crippen molar-refractivity contribution in [2.45, 2.75) is 0 Å². The molecule has 0 amide bonds. The average Bonchev–Trinajstić information content (AvgIpc) is 2.36. The van der Waals surface area contributed by atoms with Gasteiger partial charge in [0.1, 0.15) is 5.00 Å². The van der Waals surface area contributed by atoms with Crippen LogP contribution in [0.5, 0.6) is 0 Å². The van der Waals surface area contributed by atoms with Crippen molar-refractivity contribution in [1.82, 2.24) is 0 Å². The Bertz CT molecular complexity index is 268. The molecule has 4 heteroatoms. The largest absolute Gasteiger partial charge is 0.320 e. The summed E-state index contributed by atoms with van der Waals surface area (Å²) >= 11 is 3.04. The second kappa shape index (κ2) is 2.29. The van der Waals surface area contributed by atoms with E-state index in [9.17, 15) is 4.79 Å². The number of carbonyl (C=O) groups is 1. The molecule has 10 heavy (non-hydrogen) atoms. The van der Waals surface area contributed by atoms with Gasteiger partial charge >= 0.3 is 0 Å². The average molecular weight is 171 g/mol. The highest BCUT2D eigenvalue weighted by Gasteiger charge is 2.17. The minimum absolute atomic E-state index is 0.236. The number of carbonyl (C=O) groups excluding carboxylic acids is 1. The van der Waals surface area contributed by atoms with Crippen molar-refractivity contribution in [2.24, 2.45) is 0 Å². The number of thiophene rings is 1. The first-order chi connectivity index (χ1) is 4.88. The molecule has 0 saturated heterocycles. The van der Waals surface area contributed by atoms with Gasteiger partial charge in [0.05, 0.1) is 11.3 Å². The van der Waals surface area contributed by atoms with Crippen molar-refractivity contribution in [2.75, 3.05) is 10.5 Å². The van der Waals surface area contributed by atoms with E-state index >= 15 is 0 Å². The van der Waals surface area contributed by atoms with Crippen LogP contribution in [0.2, 0.25) is 0 Å². The van der Waals surface area contributed by atoms with Crippen LogP contribution in [0.1, 0.15) is 10.4 Å². The molecule has 2 nitrogen and oxygen atoms in total. The van der Waals surface area contributed by atoms with Crippen molar-refractivity contribution >= 4 is 34.1 Å². The molecule has 0 spiro atoms. The SMILES string of the molecule is O=C1CSNc2sccc21. The fourth-order valence-electron chi connectivity index (χ4n) is 0.853. The van der Waals surface area contributed by atoms with Gasteiger partial charge in [-0.25, -0.2) is 0 Å². The molecule has 1 aromatic heterocycles. The molecule has 0 aromatic carbocycles. The Morgan fingerprint density at radius 1 is 1.60 bits per heavy atom. The number of Topliss-reactive ketones (excluding diaryl/α,β-unsaturated/α-hetero) is 1. The van der Waals surface area contributed by atoms with E-state index in [1.807, 2.05) is 11.4 Å². The summed E-state index contributed by atoms with van der Waals surface area (Å²) < 4.78 is 3.09. The number of anilines is 1. The monoisotopic (exact) mass is 171 g/mol. The van der Waals surface area contributed by atoms with Crippen LogP contribution in [0.4, 0.5) is 5.00 Å². The fraction of sp³-hybridized carbons (Fsp3) is 0.167. The molecule has 0 aliphatic carbocycles. The second-order valence-electron chi connectivity index (χ2n) is 1.98. The summed E-state index contributed by atoms with van der Waals surface area (Å²) in [4.78, 5) is 11.1. The molecule has 0 fully saturated rings. The van der Waals surface area contributed by atoms with Gasteiger partial charge in [0.25, 0.3) is 0 Å². The van der Waals surface area contributed by atoms with Crippen molar-refractivity contribution < 1.29 is 4.79 Å². The van der Waals surface area contributed by atoms with Crippen molar-refractivity contribution in [3.05, 3.63) is 17.0 Å². The first-order valence-electron chi connectivity index (χ1n) is 2.86. The summed E-state index contributed by atoms with van der Waals surface area (Å²) in [7, 11) is 0. The van der Waals surface area contributed by atoms with Crippen LogP contribution in [0, 0.1) is 0 Å². The molecule has 2 rings (SSSR count). The van der Waals surface area contributed by atoms with Crippen LogP contribution in [0.25, 0.3) is 0 Å². The molecule has 2 heterocycles. The molecule has 0 atom stereocenters. The topological polar surface area (TPSA) is 29.1 Å². The van der Waals surface area contributed by atoms with Gasteiger partial charge in [-0.15, -0.1) is 11.3 Å². The van der Waals surface area contributed by atoms with Crippen molar-refractivity contribution in [3.8, 4) is 0 Å². The van der Waals surface area contributed by atoms with Gasteiger partial charge in [-0.05, 0) is 23.4 Å². The standard InChI is InChI=1S/C6H5NOS2/c8-5-3-10-7-6-4(5)1-2-9-6/h1-2,7H,3H2. The molecule has 0 radical (unpaired) electrons. The smallest absolute Gasteiger partial charge is 0.177 e. The van der Waals surface area contributed by atoms with Crippen LogP contribution >= 0.6 is 23.3 Å². The van der Waals surface area contributed by atoms with Crippen LogP contribution < -0.4 is 4.72 Å². The third-order valence-electron chi connectivity index (χ3n) is 1.33. The van der Waals surface area contributed by atoms with E-state index in [1.165, 1.54) is 11.9 Å². The normalized spacial score (nSPS) is 16.2. The zero-order valence-electron chi connectivity index (χ0n) is 5.09. The molecule has 1 aromatic rings. The third kappa shape index (κ3) is 0.839. The molecule has 1 N–H and O–H groups in total. The first kappa shape index (κ1) is 6.24. The Kier molecular flexibility index (Phi) is 1.43. The number of ketones is 1. The molecule has 0 saturated carbocycles. The summed E-state index contributed by atoms with van der Waals surface area (Å²) in [5.41, 5.74) is 0.851. The van der Waals surface area contributed by atoms with Crippen LogP contribution in [0.3, 0.4) is 0 Å². The molecule has 52 valence electrons. The molecular formula is C6H5NOS2. The summed E-state index contributed by atoms with van der Waals surface area (Å²) in [6, 6.07) is 1.87. The minimum atomic E-state index is 0.236. The van der Waals surface area contributed by atoms with E-state index < -0.39 is 0 Å². The molecule has 1 aliphatic rings. The van der Waals surface area contributed by atoms with E-state index in [-0.39, 0.29) is 5.78 Å². The Morgan fingerprint density at radius 2 is 2.50 bits per heavy atom. The number of fused-ring (bicyclic) bond motifs is 1. The van der Waals surface area contributed by atoms with Gasteiger partial charge in [-0.3, -0.25) is 4.79 Å². The highest BCUT2D eigenvalue weighted by atomic mass is 32.2. The Labute approximate surface area is 66.8 Å². The lowest BCUT2D eigenvalue weighted by atomic mass is 10.2. The Morgan fingerprint density at radius 3 is 3.30 bits per heavy atom. The highest BCUT2D eigenvalue weighted by Crippen LogP contribution is 2.30. The van der Waals surface area contributed by atoms with E-state index in [0.717, 1.165) is 10.6 Å². The first-order valence-corrected chi connectivity index (χ1v) is 4.73. The van der Waals surface area contributed by atoms with Gasteiger partial charge in [0.15, 0.2) is 5.78 Å². The van der Waals surface area contributed by atoms with Crippen molar-refractivity contribution in [3.63, 3.8) is 0 Å². The maximum atomic E-state index is 11.1. The van der Waals surface area contributed by atoms with Gasteiger partial charge in [0, 0.05) is 0 Å². The number of nitrogens with one attached hydrogen (secondary N) is 1. The summed E-state index contributed by atoms with van der Waals surface area (Å²) in [6.45, 7) is 0. The van der Waals surface area contributed by atoms with Crippen LogP contribution in [-0.2, 0) is 0 Å². The van der Waals surface area contributed by atoms with Crippen LogP contribution in [-0.4, -0.2) is 11.5 Å². The summed E-state index contributed by atoms with van der Waals surface area (Å²) in [5, 5.41) is 2.93. The molecule has 0 bridgehead atoms. The lowest BCUT2D eigenvalue weighted by molar-refractivity contribution is 0.102. The number of rotatable bonds is 0. The quantitative estimate of drug-likeness (QED) is 0.605. The third-order valence-corrected chi connectivity index (χ3v) is 3.05. The zero-order chi connectivity index (χ0) is 6.97. The number of hydrogen-bond donors (Lipinski definition) is 1. The predicted molar refractivity (Wildman–Crippen MR) is 44.7 cm³/mol. The van der Waals surface area contributed by atoms with Gasteiger partial charge in [0.2, 0.25) is 0 Å². The van der Waals surface area contributed by atoms with Gasteiger partial charge in [-0.2, -0.15) is 0 Å². The van der Waals surface area contributed by atoms with E-state index in [0.29, 0.717) is 5.75 Å². The van der Waals surface area contributed by atoms with Crippen LogP contribution in [0.15, 0.2) is 11.4 Å². The maximum absolute atomic E-state index is 11.1. The summed E-state index contributed by atoms with van der Waals surface area (Å²) in [5.74, 6) is 0.795. The highest BCUT2D eigenvalue weighted by molar-refractivity contribution is 8.01. The fourth-order valence-corrected chi connectivity index (χ4v) is 2.47. The zero-order valence-corrected chi connectivity index (χ0v) is 6.72. The molecule has 0 unspecified atom stereocenters. The molecular weight excluding hydrogens is 166 g/mol.